The van der Waals surface area contributed by atoms with Crippen molar-refractivity contribution in [2.24, 2.45) is 0 Å². The van der Waals surface area contributed by atoms with E-state index in [1.807, 2.05) is 6.08 Å². The van der Waals surface area contributed by atoms with E-state index in [-0.39, 0.29) is 0 Å². The highest BCUT2D eigenvalue weighted by Gasteiger charge is 2.10. The second kappa shape index (κ2) is 4.79. The molecule has 0 heterocycles. The van der Waals surface area contributed by atoms with Gasteiger partial charge in [-0.1, -0.05) is 48.6 Å². The summed E-state index contributed by atoms with van der Waals surface area (Å²) in [5.74, 6) is 0. The molecular weight excluding hydrogens is 180 g/mol. The zero-order valence-corrected chi connectivity index (χ0v) is 8.95. The van der Waals surface area contributed by atoms with Gasteiger partial charge in [-0.3, -0.25) is 0 Å². The van der Waals surface area contributed by atoms with Crippen LogP contribution < -0.4 is 0 Å². The zero-order valence-electron chi connectivity index (χ0n) is 8.95. The van der Waals surface area contributed by atoms with Gasteiger partial charge in [0, 0.05) is 0 Å². The molecule has 0 fully saturated rings. The summed E-state index contributed by atoms with van der Waals surface area (Å²) < 4.78 is 0. The lowest BCUT2D eigenvalue weighted by Gasteiger charge is -2.07. The van der Waals surface area contributed by atoms with Crippen LogP contribution in [0.3, 0.4) is 0 Å². The third-order valence-electron chi connectivity index (χ3n) is 2.73. The van der Waals surface area contributed by atoms with Crippen molar-refractivity contribution in [1.82, 2.24) is 0 Å². The summed E-state index contributed by atoms with van der Waals surface area (Å²) in [5.41, 5.74) is 4.23. The number of hydrogen-bond acceptors (Lipinski definition) is 0. The predicted molar refractivity (Wildman–Crippen MR) is 66.6 cm³/mol. The van der Waals surface area contributed by atoms with E-state index < -0.39 is 0 Å². The molecule has 76 valence electrons. The Labute approximate surface area is 91.6 Å². The molecule has 2 rings (SSSR count). The van der Waals surface area contributed by atoms with Crippen molar-refractivity contribution in [2.45, 2.75) is 19.3 Å². The minimum absolute atomic E-state index is 1.07. The van der Waals surface area contributed by atoms with Gasteiger partial charge < -0.3 is 0 Å². The maximum atomic E-state index is 3.77. The van der Waals surface area contributed by atoms with E-state index >= 15 is 0 Å². The fourth-order valence-electron chi connectivity index (χ4n) is 1.98. The second-order valence-corrected chi connectivity index (χ2v) is 3.78. The Morgan fingerprint density at radius 3 is 2.67 bits per heavy atom. The van der Waals surface area contributed by atoms with Crippen LogP contribution in [-0.2, 0) is 0 Å². The van der Waals surface area contributed by atoms with Gasteiger partial charge in [0.15, 0.2) is 0 Å². The van der Waals surface area contributed by atoms with Crippen LogP contribution in [0.25, 0.3) is 5.57 Å². The van der Waals surface area contributed by atoms with Crippen LogP contribution >= 0.6 is 0 Å². The molecule has 1 aromatic carbocycles. The first-order valence-electron chi connectivity index (χ1n) is 5.47. The fourth-order valence-corrected chi connectivity index (χ4v) is 1.98. The molecule has 0 heteroatoms. The molecule has 0 saturated heterocycles. The lowest BCUT2D eigenvalue weighted by Crippen LogP contribution is -1.86. The smallest absolute Gasteiger partial charge is 0.0154 e. The van der Waals surface area contributed by atoms with Crippen molar-refractivity contribution in [1.29, 1.82) is 0 Å². The van der Waals surface area contributed by atoms with E-state index in [9.17, 15) is 0 Å². The molecule has 0 unspecified atom stereocenters. The molecule has 0 amide bonds. The van der Waals surface area contributed by atoms with Crippen LogP contribution in [0.4, 0.5) is 0 Å². The third-order valence-corrected chi connectivity index (χ3v) is 2.73. The molecule has 0 bridgehead atoms. The van der Waals surface area contributed by atoms with Crippen molar-refractivity contribution in [3.05, 3.63) is 66.3 Å². The first-order chi connectivity index (χ1) is 7.42. The largest absolute Gasteiger partial charge is 0.103 e. The number of allylic oxidation sites excluding steroid dienone is 5. The van der Waals surface area contributed by atoms with Crippen molar-refractivity contribution >= 4 is 5.57 Å². The Kier molecular flexibility index (Phi) is 3.18. The van der Waals surface area contributed by atoms with Crippen LogP contribution in [0.5, 0.6) is 0 Å². The molecular formula is C15H16. The molecule has 0 radical (unpaired) electrons. The van der Waals surface area contributed by atoms with Gasteiger partial charge in [0.1, 0.15) is 0 Å². The highest BCUT2D eigenvalue weighted by atomic mass is 14.1. The van der Waals surface area contributed by atoms with Crippen LogP contribution in [0.2, 0.25) is 0 Å². The maximum Gasteiger partial charge on any atom is -0.0154 e. The molecule has 0 aliphatic heterocycles. The quantitative estimate of drug-likeness (QED) is 0.627. The van der Waals surface area contributed by atoms with E-state index in [2.05, 4.69) is 49.1 Å². The fraction of sp³-hybridized carbons (Fsp3) is 0.200. The third kappa shape index (κ3) is 2.27. The topological polar surface area (TPSA) is 0 Å². The van der Waals surface area contributed by atoms with Crippen LogP contribution in [0, 0.1) is 0 Å². The Hall–Kier alpha value is -1.56. The minimum atomic E-state index is 1.07. The molecule has 0 aromatic heterocycles. The van der Waals surface area contributed by atoms with Crippen molar-refractivity contribution in [3.63, 3.8) is 0 Å². The van der Waals surface area contributed by atoms with E-state index in [1.165, 1.54) is 16.7 Å². The highest BCUT2D eigenvalue weighted by Crippen LogP contribution is 2.31. The minimum Gasteiger partial charge on any atom is -0.103 e. The summed E-state index contributed by atoms with van der Waals surface area (Å²) in [5, 5.41) is 0. The standard InChI is InChI=1S/C15H16/c1-2-3-8-13-11-7-12-15(13)14-9-5-4-6-10-14/h2,4-6,9-12H,1,3,7-8H2. The summed E-state index contributed by atoms with van der Waals surface area (Å²) in [6.07, 6.45) is 9.89. The first kappa shape index (κ1) is 9.97. The van der Waals surface area contributed by atoms with E-state index in [4.69, 9.17) is 0 Å². The van der Waals surface area contributed by atoms with Crippen LogP contribution in [0.1, 0.15) is 24.8 Å². The van der Waals surface area contributed by atoms with Gasteiger partial charge in [0.05, 0.1) is 0 Å². The Balaban J connectivity index is 2.17. The van der Waals surface area contributed by atoms with E-state index in [0.29, 0.717) is 0 Å². The summed E-state index contributed by atoms with van der Waals surface area (Å²) in [6, 6.07) is 10.6. The average Bonchev–Trinajstić information content (AvgIpc) is 2.75. The molecule has 0 atom stereocenters. The molecule has 0 spiro atoms. The Bertz CT molecular complexity index is 393. The van der Waals surface area contributed by atoms with Crippen LogP contribution in [-0.4, -0.2) is 0 Å². The molecule has 1 aliphatic rings. The Morgan fingerprint density at radius 2 is 1.93 bits per heavy atom. The first-order valence-corrected chi connectivity index (χ1v) is 5.47. The van der Waals surface area contributed by atoms with Gasteiger partial charge in [0.2, 0.25) is 0 Å². The highest BCUT2D eigenvalue weighted by molar-refractivity contribution is 5.81. The summed E-state index contributed by atoms with van der Waals surface area (Å²) in [6.45, 7) is 3.77. The van der Waals surface area contributed by atoms with Gasteiger partial charge in [-0.15, -0.1) is 6.58 Å². The van der Waals surface area contributed by atoms with E-state index in [0.717, 1.165) is 19.3 Å². The van der Waals surface area contributed by atoms with Gasteiger partial charge in [0.25, 0.3) is 0 Å². The van der Waals surface area contributed by atoms with E-state index in [1.54, 1.807) is 0 Å². The van der Waals surface area contributed by atoms with Crippen LogP contribution in [0.15, 0.2) is 60.7 Å². The van der Waals surface area contributed by atoms with Gasteiger partial charge in [-0.25, -0.2) is 0 Å². The monoisotopic (exact) mass is 196 g/mol. The predicted octanol–water partition coefficient (Wildman–Crippen LogP) is 4.37. The maximum absolute atomic E-state index is 3.77. The lowest BCUT2D eigenvalue weighted by atomic mass is 9.97. The molecule has 1 aliphatic carbocycles. The Morgan fingerprint density at radius 1 is 1.13 bits per heavy atom. The number of rotatable bonds is 4. The molecule has 0 N–H and O–H groups in total. The number of benzene rings is 1. The molecule has 15 heavy (non-hydrogen) atoms. The SMILES string of the molecule is C=CCCC1=CCC=C1c1ccccc1. The molecule has 0 nitrogen and oxygen atoms in total. The second-order valence-electron chi connectivity index (χ2n) is 3.78. The zero-order chi connectivity index (χ0) is 10.5. The summed E-state index contributed by atoms with van der Waals surface area (Å²) in [7, 11) is 0. The lowest BCUT2D eigenvalue weighted by molar-refractivity contribution is 1.02. The number of hydrogen-bond donors (Lipinski definition) is 0. The van der Waals surface area contributed by atoms with Crippen molar-refractivity contribution in [2.75, 3.05) is 0 Å². The van der Waals surface area contributed by atoms with Gasteiger partial charge in [-0.05, 0) is 36.0 Å². The van der Waals surface area contributed by atoms with Crippen molar-refractivity contribution in [3.8, 4) is 0 Å². The van der Waals surface area contributed by atoms with Crippen molar-refractivity contribution < 1.29 is 0 Å². The average molecular weight is 196 g/mol. The normalized spacial score (nSPS) is 14.7. The molecule has 0 saturated carbocycles. The van der Waals surface area contributed by atoms with Gasteiger partial charge >= 0.3 is 0 Å². The summed E-state index contributed by atoms with van der Waals surface area (Å²) in [4.78, 5) is 0. The van der Waals surface area contributed by atoms with Gasteiger partial charge in [-0.2, -0.15) is 0 Å². The summed E-state index contributed by atoms with van der Waals surface area (Å²) >= 11 is 0. The molecule has 1 aromatic rings.